The summed E-state index contributed by atoms with van der Waals surface area (Å²) in [5.41, 5.74) is 8.34. The lowest BCUT2D eigenvalue weighted by Crippen LogP contribution is -2.48. The molecule has 6 unspecified atom stereocenters. The first kappa shape index (κ1) is 109. The fourth-order valence-corrected chi connectivity index (χ4v) is 25.8. The highest BCUT2D eigenvalue weighted by molar-refractivity contribution is 5.53. The first-order valence-electron chi connectivity index (χ1n) is 56.3. The van der Waals surface area contributed by atoms with Crippen LogP contribution in [-0.2, 0) is 0 Å². The minimum absolute atomic E-state index is 0.0150. The summed E-state index contributed by atoms with van der Waals surface area (Å²) in [4.78, 5) is 0. The van der Waals surface area contributed by atoms with Gasteiger partial charge in [-0.05, 0) is 398 Å². The van der Waals surface area contributed by atoms with Crippen LogP contribution in [-0.4, -0.2) is 39.2 Å². The van der Waals surface area contributed by atoms with Gasteiger partial charge in [-0.15, -0.1) is 0 Å². The van der Waals surface area contributed by atoms with E-state index < -0.39 is 0 Å². The van der Waals surface area contributed by atoms with E-state index in [-0.39, 0.29) is 39.2 Å². The summed E-state index contributed by atoms with van der Waals surface area (Å²) in [6, 6.07) is 58.1. The molecule has 6 atom stereocenters. The number of rotatable bonds is 26. The van der Waals surface area contributed by atoms with Crippen LogP contribution >= 0.6 is 0 Å². The van der Waals surface area contributed by atoms with Gasteiger partial charge in [-0.3, -0.25) is 0 Å². The molecule has 11 aliphatic rings. The Labute approximate surface area is 847 Å². The van der Waals surface area contributed by atoms with E-state index in [0.29, 0.717) is 0 Å². The lowest BCUT2D eigenvalue weighted by Gasteiger charge is -2.48. The maximum atomic E-state index is 6.48. The zero-order chi connectivity index (χ0) is 98.4. The molecule has 11 aliphatic carbocycles. The SMILES string of the molecule is C=Cc1ccc(OC2(C)CCC(C(C)C)CC2)cc1.C=Cc1ccc(OC2(C)CCC(C3CCCC3)CC2)cc1.C=Cc1ccc(OC2(C)CCC(C3CCCCC3)CC2)cc1.C=Cc1ccc(OC2(C)CCC3CCCCC3C2)cc1.C=Cc1ccc(OC2(C)CCCC3CCCCC32)cc1.C=Cc1ccc(OC2(CC)CCCCCC2)cc1.C=Cc1ccc(OC2(CC)CCCCCCC2)cc1. The molecule has 18 rings (SSSR count). The van der Waals surface area contributed by atoms with Crippen LogP contribution in [0.4, 0.5) is 0 Å². The van der Waals surface area contributed by atoms with Gasteiger partial charge in [0.25, 0.3) is 0 Å². The number of hydrogen-bond donors (Lipinski definition) is 0. The summed E-state index contributed by atoms with van der Waals surface area (Å²) in [6.45, 7) is 47.2. The molecular weight excluding hydrogens is 1700 g/mol. The van der Waals surface area contributed by atoms with Gasteiger partial charge in [0.1, 0.15) is 79.5 Å². The Kier molecular flexibility index (Phi) is 42.9. The molecule has 7 heteroatoms. The molecule has 0 N–H and O–H groups in total. The largest absolute Gasteiger partial charge is 0.488 e. The van der Waals surface area contributed by atoms with Gasteiger partial charge in [-0.1, -0.05) is 336 Å². The fraction of sp³-hybridized carbons (Fsp3) is 0.576. The van der Waals surface area contributed by atoms with Crippen molar-refractivity contribution in [3.05, 3.63) is 255 Å². The third-order valence-electron chi connectivity index (χ3n) is 35.2. The number of ether oxygens (including phenoxy) is 7. The summed E-state index contributed by atoms with van der Waals surface area (Å²) < 4.78 is 44.5. The predicted octanol–water partition coefficient (Wildman–Crippen LogP) is 39.1. The summed E-state index contributed by atoms with van der Waals surface area (Å²) >= 11 is 0. The standard InChI is InChI=1S/C21H30O.C20H28O.2C19H26O.2C18H26O.C17H24O/c1-3-17-9-11-20(12-10-17)22-21(2)15-13-19(14-16-21)18-7-5-4-6-8-18;1-3-16-8-10-19(11-9-16)21-20(2)14-12-18(13-15-20)17-6-4-5-7-17;1-3-15-10-12-17(13-11-15)20-19(2)14-6-8-16-7-4-5-9-18(16)19;1-3-15-8-10-18(11-9-15)20-19(2)13-12-16-6-4-5-7-17(16)14-19;1-5-15-6-8-17(9-7-15)19-18(4)12-10-16(11-13-18)14(2)3;1-3-16-10-12-17(13-11-16)19-18(4-2)14-8-6-5-7-9-15-18;1-3-15-9-11-16(12-10-15)18-17(4-2)13-7-5-6-8-14-17/h3,9-12,18-19H,1,4-8,13-16H2,2H3;3,8-11,17-18H,1,4-7,12-15H2,2H3;3,10-13,16,18H,1,4-9,14H2,2H3;3,8-11,16-17H,1,4-7,12-14H2,2H3;5-9,14,16H,1,10-13H2,2-4H3;3,10-13H,1,4-9,14-15H2,2H3;3,9-12H,1,4-8,13-14H2,2H3. The topological polar surface area (TPSA) is 64.6 Å². The average Bonchev–Trinajstić information content (AvgIpc) is 1.02. The van der Waals surface area contributed by atoms with E-state index in [1.165, 1.54) is 308 Å². The van der Waals surface area contributed by atoms with Gasteiger partial charge < -0.3 is 33.2 Å². The van der Waals surface area contributed by atoms with Gasteiger partial charge in [0.05, 0.1) is 0 Å². The van der Waals surface area contributed by atoms with Gasteiger partial charge in [0, 0.05) is 5.92 Å². The van der Waals surface area contributed by atoms with Crippen molar-refractivity contribution < 1.29 is 33.2 Å². The predicted molar refractivity (Wildman–Crippen MR) is 596 cm³/mol. The number of hydrogen-bond acceptors (Lipinski definition) is 7. The van der Waals surface area contributed by atoms with Crippen molar-refractivity contribution in [2.75, 3.05) is 0 Å². The number of benzene rings is 7. The molecule has 0 amide bonds. The second kappa shape index (κ2) is 54.7. The van der Waals surface area contributed by atoms with E-state index in [2.05, 4.69) is 278 Å². The first-order chi connectivity index (χ1) is 67.3. The maximum absolute atomic E-state index is 6.48. The van der Waals surface area contributed by atoms with E-state index >= 15 is 0 Å². The molecule has 139 heavy (non-hydrogen) atoms. The lowest BCUT2D eigenvalue weighted by atomic mass is 9.63. The summed E-state index contributed by atoms with van der Waals surface area (Å²) in [6.07, 6.45) is 79.6. The van der Waals surface area contributed by atoms with Crippen molar-refractivity contribution >= 4 is 42.5 Å². The highest BCUT2D eigenvalue weighted by atomic mass is 16.5. The smallest absolute Gasteiger partial charge is 0.120 e. The van der Waals surface area contributed by atoms with Crippen molar-refractivity contribution in [1.82, 2.24) is 0 Å². The van der Waals surface area contributed by atoms with Gasteiger partial charge in [-0.25, -0.2) is 0 Å². The van der Waals surface area contributed by atoms with Crippen molar-refractivity contribution in [3.8, 4) is 40.2 Å². The zero-order valence-corrected chi connectivity index (χ0v) is 88.6. The monoisotopic (exact) mass is 1880 g/mol. The van der Waals surface area contributed by atoms with Gasteiger partial charge in [0.15, 0.2) is 0 Å². The molecule has 7 aromatic carbocycles. The molecule has 0 spiro atoms. The van der Waals surface area contributed by atoms with E-state index in [1.807, 2.05) is 42.5 Å². The van der Waals surface area contributed by atoms with Crippen molar-refractivity contribution in [3.63, 3.8) is 0 Å². The van der Waals surface area contributed by atoms with Crippen LogP contribution < -0.4 is 33.2 Å². The van der Waals surface area contributed by atoms with Gasteiger partial charge in [-0.2, -0.15) is 0 Å². The Morgan fingerprint density at radius 1 is 0.230 bits per heavy atom. The molecule has 0 saturated heterocycles. The fourth-order valence-electron chi connectivity index (χ4n) is 25.8. The first-order valence-corrected chi connectivity index (χ1v) is 56.3. The molecule has 756 valence electrons. The Morgan fingerprint density at radius 2 is 0.453 bits per heavy atom. The molecule has 0 bridgehead atoms. The second-order valence-corrected chi connectivity index (χ2v) is 45.8. The van der Waals surface area contributed by atoms with Crippen LogP contribution in [0, 0.1) is 59.2 Å². The van der Waals surface area contributed by atoms with Crippen LogP contribution in [0.2, 0.25) is 0 Å². The molecule has 11 saturated carbocycles. The molecular formula is C132H186O7. The molecule has 7 aromatic rings. The summed E-state index contributed by atoms with van der Waals surface area (Å²) in [7, 11) is 0. The molecule has 11 fully saturated rings. The zero-order valence-electron chi connectivity index (χ0n) is 88.6. The third kappa shape index (κ3) is 34.0. The highest BCUT2D eigenvalue weighted by Gasteiger charge is 2.47. The van der Waals surface area contributed by atoms with Crippen molar-refractivity contribution in [2.45, 2.75) is 423 Å². The number of fused-ring (bicyclic) bond motifs is 2. The van der Waals surface area contributed by atoms with E-state index in [4.69, 9.17) is 33.2 Å². The highest BCUT2D eigenvalue weighted by Crippen LogP contribution is 2.52. The normalized spacial score (nSPS) is 27.7. The van der Waals surface area contributed by atoms with Gasteiger partial charge >= 0.3 is 0 Å². The average molecular weight is 1880 g/mol. The second-order valence-electron chi connectivity index (χ2n) is 45.8. The summed E-state index contributed by atoms with van der Waals surface area (Å²) in [5.74, 6) is 16.2. The third-order valence-corrected chi connectivity index (χ3v) is 35.2. The minimum Gasteiger partial charge on any atom is -0.488 e. The Hall–Kier alpha value is -8.68. The quantitative estimate of drug-likeness (QED) is 0.0501. The van der Waals surface area contributed by atoms with Gasteiger partial charge in [0.2, 0.25) is 0 Å². The van der Waals surface area contributed by atoms with Crippen LogP contribution in [0.3, 0.4) is 0 Å². The molecule has 0 radical (unpaired) electrons. The van der Waals surface area contributed by atoms with Crippen molar-refractivity contribution in [1.29, 1.82) is 0 Å². The Balaban J connectivity index is 0.000000145. The van der Waals surface area contributed by atoms with E-state index in [9.17, 15) is 0 Å². The maximum Gasteiger partial charge on any atom is 0.120 e. The summed E-state index contributed by atoms with van der Waals surface area (Å²) in [5, 5.41) is 0. The van der Waals surface area contributed by atoms with Crippen LogP contribution in [0.1, 0.15) is 422 Å². The lowest BCUT2D eigenvalue weighted by molar-refractivity contribution is -0.0539. The van der Waals surface area contributed by atoms with Crippen LogP contribution in [0.5, 0.6) is 40.2 Å². The van der Waals surface area contributed by atoms with Crippen LogP contribution in [0.25, 0.3) is 42.5 Å². The molecule has 0 aromatic heterocycles. The molecule has 0 heterocycles. The molecule has 7 nitrogen and oxygen atoms in total. The minimum atomic E-state index is 0.0150. The van der Waals surface area contributed by atoms with Crippen LogP contribution in [0.15, 0.2) is 216 Å². The van der Waals surface area contributed by atoms with E-state index in [0.717, 1.165) is 151 Å². The molecule has 0 aliphatic heterocycles. The Morgan fingerprint density at radius 3 is 0.755 bits per heavy atom. The Bertz CT molecular complexity index is 4710. The van der Waals surface area contributed by atoms with Crippen molar-refractivity contribution in [2.24, 2.45) is 59.2 Å². The van der Waals surface area contributed by atoms with E-state index in [1.54, 1.807) is 0 Å².